The average molecular weight is 287 g/mol. The van der Waals surface area contributed by atoms with E-state index in [0.717, 1.165) is 27.6 Å². The van der Waals surface area contributed by atoms with Crippen LogP contribution in [0.15, 0.2) is 54.7 Å². The first kappa shape index (κ1) is 14.3. The van der Waals surface area contributed by atoms with Crippen molar-refractivity contribution >= 4 is 10.8 Å². The van der Waals surface area contributed by atoms with Gasteiger partial charge in [-0.05, 0) is 30.0 Å². The smallest absolute Gasteiger partial charge is 0.118 e. The summed E-state index contributed by atoms with van der Waals surface area (Å²) in [6, 6.07) is 16.5. The Morgan fingerprint density at radius 2 is 1.86 bits per heavy atom. The van der Waals surface area contributed by atoms with Gasteiger partial charge in [-0.2, -0.15) is 0 Å². The number of aromatic nitrogens is 1. The average Bonchev–Trinajstić information content (AvgIpc) is 2.55. The zero-order valence-corrected chi connectivity index (χ0v) is 12.5. The number of benzene rings is 2. The van der Waals surface area contributed by atoms with E-state index in [9.17, 15) is 5.11 Å². The Bertz CT molecular complexity index is 844. The summed E-state index contributed by atoms with van der Waals surface area (Å²) in [6.45, 7) is 2.07. The Balaban J connectivity index is 1.96. The minimum Gasteiger partial charge on any atom is -0.380 e. The molecule has 0 radical (unpaired) electrons. The number of fused-ring (bicyclic) bond motifs is 1. The molecule has 0 saturated carbocycles. The van der Waals surface area contributed by atoms with Gasteiger partial charge in [0, 0.05) is 23.6 Å². The van der Waals surface area contributed by atoms with Gasteiger partial charge in [-0.25, -0.2) is 0 Å². The van der Waals surface area contributed by atoms with Crippen molar-refractivity contribution < 1.29 is 5.11 Å². The number of aliphatic hydroxyl groups is 1. The summed E-state index contributed by atoms with van der Waals surface area (Å²) in [6.07, 6.45) is 6.81. The maximum Gasteiger partial charge on any atom is 0.118 e. The Hall–Kier alpha value is -2.63. The lowest BCUT2D eigenvalue weighted by Gasteiger charge is -2.07. The molecule has 2 heteroatoms. The zero-order valence-electron chi connectivity index (χ0n) is 12.5. The predicted molar refractivity (Wildman–Crippen MR) is 90.5 cm³/mol. The minimum absolute atomic E-state index is 0.464. The predicted octanol–water partition coefficient (Wildman–Crippen LogP) is 3.75. The molecule has 108 valence electrons. The van der Waals surface area contributed by atoms with Gasteiger partial charge in [0.2, 0.25) is 0 Å². The minimum atomic E-state index is -0.739. The van der Waals surface area contributed by atoms with E-state index in [-0.39, 0.29) is 0 Å². The summed E-state index contributed by atoms with van der Waals surface area (Å²) >= 11 is 0. The van der Waals surface area contributed by atoms with Crippen molar-refractivity contribution in [3.05, 3.63) is 65.9 Å². The first-order valence-electron chi connectivity index (χ1n) is 7.25. The number of terminal acetylenes is 1. The Kier molecular flexibility index (Phi) is 3.91. The van der Waals surface area contributed by atoms with Crippen molar-refractivity contribution in [1.29, 1.82) is 0 Å². The number of nitrogens with zero attached hydrogens (tertiary/aromatic N) is 1. The largest absolute Gasteiger partial charge is 0.380 e. The summed E-state index contributed by atoms with van der Waals surface area (Å²) in [7, 11) is 0. The summed E-state index contributed by atoms with van der Waals surface area (Å²) in [4.78, 5) is 4.54. The topological polar surface area (TPSA) is 33.1 Å². The van der Waals surface area contributed by atoms with Gasteiger partial charge in [0.05, 0.1) is 5.69 Å². The molecule has 0 bridgehead atoms. The number of rotatable bonds is 3. The van der Waals surface area contributed by atoms with Gasteiger partial charge in [-0.3, -0.25) is 4.98 Å². The lowest BCUT2D eigenvalue weighted by Crippen LogP contribution is -2.06. The molecule has 0 fully saturated rings. The van der Waals surface area contributed by atoms with Crippen LogP contribution in [0.2, 0.25) is 0 Å². The number of hydrogen-bond acceptors (Lipinski definition) is 2. The van der Waals surface area contributed by atoms with Crippen LogP contribution in [0.25, 0.3) is 22.0 Å². The summed E-state index contributed by atoms with van der Waals surface area (Å²) < 4.78 is 0. The van der Waals surface area contributed by atoms with Gasteiger partial charge in [0.1, 0.15) is 6.10 Å². The van der Waals surface area contributed by atoms with E-state index in [1.54, 1.807) is 0 Å². The van der Waals surface area contributed by atoms with Crippen LogP contribution in [-0.2, 0) is 6.42 Å². The Morgan fingerprint density at radius 3 is 2.59 bits per heavy atom. The van der Waals surface area contributed by atoms with Crippen molar-refractivity contribution in [2.75, 3.05) is 0 Å². The van der Waals surface area contributed by atoms with Crippen molar-refractivity contribution in [1.82, 2.24) is 4.98 Å². The molecule has 22 heavy (non-hydrogen) atoms. The number of aryl methyl sites for hydroxylation is 1. The fourth-order valence-corrected chi connectivity index (χ4v) is 2.48. The quantitative estimate of drug-likeness (QED) is 0.744. The molecule has 0 aliphatic rings. The third-order valence-electron chi connectivity index (χ3n) is 3.75. The molecule has 3 rings (SSSR count). The molecule has 0 aliphatic heterocycles. The fourth-order valence-electron chi connectivity index (χ4n) is 2.48. The van der Waals surface area contributed by atoms with Crippen LogP contribution in [0.1, 0.15) is 11.1 Å². The second kappa shape index (κ2) is 6.01. The molecule has 0 spiro atoms. The van der Waals surface area contributed by atoms with Crippen molar-refractivity contribution in [2.24, 2.45) is 0 Å². The molecule has 2 nitrogen and oxygen atoms in total. The second-order valence-corrected chi connectivity index (χ2v) is 5.50. The highest BCUT2D eigenvalue weighted by Gasteiger charge is 2.05. The Morgan fingerprint density at radius 1 is 1.09 bits per heavy atom. The summed E-state index contributed by atoms with van der Waals surface area (Å²) in [5.41, 5.74) is 4.33. The third kappa shape index (κ3) is 3.00. The monoisotopic (exact) mass is 287 g/mol. The molecule has 2 aromatic carbocycles. The van der Waals surface area contributed by atoms with Crippen LogP contribution < -0.4 is 0 Å². The van der Waals surface area contributed by atoms with Crippen LogP contribution in [-0.4, -0.2) is 16.2 Å². The standard InChI is InChI=1S/C20H17NO/c1-3-19(22)11-15-6-9-17-12-20(21-13-18(17)10-15)16-7-4-14(2)5-8-16/h1,4-10,12-13,19,22H,11H2,2H3. The molecule has 1 N–H and O–H groups in total. The first-order valence-corrected chi connectivity index (χ1v) is 7.25. The number of pyridine rings is 1. The van der Waals surface area contributed by atoms with Crippen LogP contribution in [0.5, 0.6) is 0 Å². The summed E-state index contributed by atoms with van der Waals surface area (Å²) in [5.74, 6) is 2.34. The van der Waals surface area contributed by atoms with Crippen LogP contribution >= 0.6 is 0 Å². The van der Waals surface area contributed by atoms with Crippen molar-refractivity contribution in [2.45, 2.75) is 19.4 Å². The maximum absolute atomic E-state index is 9.55. The fraction of sp³-hybridized carbons (Fsp3) is 0.150. The first-order chi connectivity index (χ1) is 10.7. The van der Waals surface area contributed by atoms with E-state index in [1.165, 1.54) is 5.56 Å². The molecular formula is C20H17NO. The molecule has 1 atom stereocenters. The van der Waals surface area contributed by atoms with E-state index >= 15 is 0 Å². The normalized spacial score (nSPS) is 12.0. The van der Waals surface area contributed by atoms with E-state index < -0.39 is 6.10 Å². The van der Waals surface area contributed by atoms with Gasteiger partial charge in [-0.15, -0.1) is 6.42 Å². The van der Waals surface area contributed by atoms with Gasteiger partial charge < -0.3 is 5.11 Å². The van der Waals surface area contributed by atoms with Crippen molar-refractivity contribution in [3.63, 3.8) is 0 Å². The lowest BCUT2D eigenvalue weighted by atomic mass is 10.0. The van der Waals surface area contributed by atoms with Gasteiger partial charge >= 0.3 is 0 Å². The molecule has 0 amide bonds. The highest BCUT2D eigenvalue weighted by molar-refractivity contribution is 5.85. The van der Waals surface area contributed by atoms with E-state index in [1.807, 2.05) is 24.4 Å². The molecule has 0 saturated heterocycles. The van der Waals surface area contributed by atoms with E-state index in [0.29, 0.717) is 6.42 Å². The van der Waals surface area contributed by atoms with Gasteiger partial charge in [0.25, 0.3) is 0 Å². The lowest BCUT2D eigenvalue weighted by molar-refractivity contribution is 0.233. The van der Waals surface area contributed by atoms with Gasteiger partial charge in [0.15, 0.2) is 0 Å². The SMILES string of the molecule is C#CC(O)Cc1ccc2cc(-c3ccc(C)cc3)ncc2c1. The van der Waals surface area contributed by atoms with Gasteiger partial charge in [-0.1, -0.05) is 47.9 Å². The molecule has 1 heterocycles. The Labute approximate surface area is 130 Å². The molecule has 1 aromatic heterocycles. The van der Waals surface area contributed by atoms with Crippen LogP contribution in [0, 0.1) is 19.3 Å². The molecule has 0 aliphatic carbocycles. The molecule has 1 unspecified atom stereocenters. The van der Waals surface area contributed by atoms with Crippen LogP contribution in [0.3, 0.4) is 0 Å². The van der Waals surface area contributed by atoms with Crippen molar-refractivity contribution in [3.8, 4) is 23.6 Å². The third-order valence-corrected chi connectivity index (χ3v) is 3.75. The van der Waals surface area contributed by atoms with E-state index in [2.05, 4.69) is 48.2 Å². The number of aliphatic hydroxyl groups excluding tert-OH is 1. The molecular weight excluding hydrogens is 270 g/mol. The second-order valence-electron chi connectivity index (χ2n) is 5.50. The van der Waals surface area contributed by atoms with E-state index in [4.69, 9.17) is 6.42 Å². The highest BCUT2D eigenvalue weighted by atomic mass is 16.3. The number of hydrogen-bond donors (Lipinski definition) is 1. The molecule has 3 aromatic rings. The maximum atomic E-state index is 9.55. The zero-order chi connectivity index (χ0) is 15.5. The summed E-state index contributed by atoms with van der Waals surface area (Å²) in [5, 5.41) is 11.7. The van der Waals surface area contributed by atoms with Crippen LogP contribution in [0.4, 0.5) is 0 Å². The highest BCUT2D eigenvalue weighted by Crippen LogP contribution is 2.23.